The molecule has 0 aliphatic carbocycles. The third kappa shape index (κ3) is 5.69. The predicted molar refractivity (Wildman–Crippen MR) is 76.4 cm³/mol. The second-order valence-electron chi connectivity index (χ2n) is 5.80. The smallest absolute Gasteiger partial charge is 0.0224 e. The summed E-state index contributed by atoms with van der Waals surface area (Å²) in [4.78, 5) is 2.66. The fourth-order valence-electron chi connectivity index (χ4n) is 2.54. The molecule has 1 rings (SSSR count). The summed E-state index contributed by atoms with van der Waals surface area (Å²) >= 11 is 0. The standard InChI is InChI=1S/C15H30N2/c1-5-7-15(11-16-10-13(2)3)17-9-6-8-14(4)12-17/h8,13,15-16H,5-7,9-12H2,1-4H3. The SMILES string of the molecule is CCCC(CNCC(C)C)N1CCC=C(C)C1. The molecule has 0 saturated heterocycles. The molecule has 0 radical (unpaired) electrons. The fourth-order valence-corrected chi connectivity index (χ4v) is 2.54. The fraction of sp³-hybridized carbons (Fsp3) is 0.867. The molecule has 0 bridgehead atoms. The van der Waals surface area contributed by atoms with Crippen LogP contribution in [0.5, 0.6) is 0 Å². The monoisotopic (exact) mass is 238 g/mol. The van der Waals surface area contributed by atoms with Crippen LogP contribution in [0.2, 0.25) is 0 Å². The Labute approximate surface area is 107 Å². The van der Waals surface area contributed by atoms with E-state index < -0.39 is 0 Å². The van der Waals surface area contributed by atoms with Crippen molar-refractivity contribution in [3.63, 3.8) is 0 Å². The number of rotatable bonds is 7. The summed E-state index contributed by atoms with van der Waals surface area (Å²) in [5.74, 6) is 0.750. The molecule has 1 heterocycles. The average molecular weight is 238 g/mol. The quantitative estimate of drug-likeness (QED) is 0.686. The zero-order valence-corrected chi connectivity index (χ0v) is 12.1. The van der Waals surface area contributed by atoms with E-state index in [2.05, 4.69) is 44.0 Å². The lowest BCUT2D eigenvalue weighted by Crippen LogP contribution is -2.45. The molecule has 0 amide bonds. The van der Waals surface area contributed by atoms with Gasteiger partial charge in [-0.2, -0.15) is 0 Å². The first-order valence-electron chi connectivity index (χ1n) is 7.23. The molecule has 0 aromatic rings. The highest BCUT2D eigenvalue weighted by molar-refractivity contribution is 5.05. The molecule has 0 aromatic heterocycles. The lowest BCUT2D eigenvalue weighted by molar-refractivity contribution is 0.191. The molecule has 0 spiro atoms. The van der Waals surface area contributed by atoms with Gasteiger partial charge in [-0.3, -0.25) is 4.90 Å². The Balaban J connectivity index is 2.39. The molecule has 1 atom stereocenters. The van der Waals surface area contributed by atoms with Crippen LogP contribution in [0.15, 0.2) is 11.6 Å². The minimum Gasteiger partial charge on any atom is -0.315 e. The van der Waals surface area contributed by atoms with Crippen molar-refractivity contribution in [3.05, 3.63) is 11.6 Å². The van der Waals surface area contributed by atoms with Gasteiger partial charge in [-0.25, -0.2) is 0 Å². The summed E-state index contributed by atoms with van der Waals surface area (Å²) in [6.45, 7) is 13.8. The average Bonchev–Trinajstić information content (AvgIpc) is 2.27. The predicted octanol–water partition coefficient (Wildman–Crippen LogP) is 3.05. The third-order valence-corrected chi connectivity index (χ3v) is 3.43. The van der Waals surface area contributed by atoms with E-state index in [0.717, 1.165) is 25.0 Å². The molecule has 1 aliphatic heterocycles. The van der Waals surface area contributed by atoms with Crippen molar-refractivity contribution in [3.8, 4) is 0 Å². The molecule has 0 fully saturated rings. The molecule has 2 nitrogen and oxygen atoms in total. The second kappa shape index (κ2) is 7.88. The third-order valence-electron chi connectivity index (χ3n) is 3.43. The number of hydrogen-bond donors (Lipinski definition) is 1. The van der Waals surface area contributed by atoms with Crippen LogP contribution in [0.25, 0.3) is 0 Å². The lowest BCUT2D eigenvalue weighted by atomic mass is 10.0. The molecule has 0 saturated carbocycles. The van der Waals surface area contributed by atoms with Crippen molar-refractivity contribution < 1.29 is 0 Å². The summed E-state index contributed by atoms with van der Waals surface area (Å²) in [6, 6.07) is 0.724. The molecule has 1 unspecified atom stereocenters. The topological polar surface area (TPSA) is 15.3 Å². The van der Waals surface area contributed by atoms with Crippen LogP contribution in [-0.2, 0) is 0 Å². The minimum atomic E-state index is 0.724. The van der Waals surface area contributed by atoms with Gasteiger partial charge in [0.25, 0.3) is 0 Å². The Morgan fingerprint density at radius 3 is 2.71 bits per heavy atom. The zero-order chi connectivity index (χ0) is 12.7. The van der Waals surface area contributed by atoms with E-state index in [1.165, 1.54) is 32.4 Å². The molecule has 17 heavy (non-hydrogen) atoms. The van der Waals surface area contributed by atoms with E-state index in [4.69, 9.17) is 0 Å². The molecular weight excluding hydrogens is 208 g/mol. The van der Waals surface area contributed by atoms with Crippen molar-refractivity contribution in [2.45, 2.75) is 53.0 Å². The summed E-state index contributed by atoms with van der Waals surface area (Å²) in [7, 11) is 0. The normalized spacial score (nSPS) is 19.5. The highest BCUT2D eigenvalue weighted by Gasteiger charge is 2.19. The Bertz CT molecular complexity index is 233. The van der Waals surface area contributed by atoms with Crippen LogP contribution >= 0.6 is 0 Å². The Morgan fingerprint density at radius 1 is 1.35 bits per heavy atom. The largest absolute Gasteiger partial charge is 0.315 e. The van der Waals surface area contributed by atoms with Gasteiger partial charge in [0.15, 0.2) is 0 Å². The molecule has 1 aliphatic rings. The summed E-state index contributed by atoms with van der Waals surface area (Å²) in [5, 5.41) is 3.62. The van der Waals surface area contributed by atoms with Crippen LogP contribution in [0.1, 0.15) is 47.0 Å². The number of nitrogens with one attached hydrogen (secondary N) is 1. The number of hydrogen-bond acceptors (Lipinski definition) is 2. The van der Waals surface area contributed by atoms with E-state index in [9.17, 15) is 0 Å². The lowest BCUT2D eigenvalue weighted by Gasteiger charge is -2.34. The van der Waals surface area contributed by atoms with E-state index in [0.29, 0.717) is 0 Å². The van der Waals surface area contributed by atoms with Crippen LogP contribution in [0.3, 0.4) is 0 Å². The maximum atomic E-state index is 3.62. The van der Waals surface area contributed by atoms with Crippen molar-refractivity contribution in [2.24, 2.45) is 5.92 Å². The van der Waals surface area contributed by atoms with Crippen molar-refractivity contribution >= 4 is 0 Å². The Kier molecular flexibility index (Phi) is 6.83. The minimum absolute atomic E-state index is 0.724. The van der Waals surface area contributed by atoms with Gasteiger partial charge in [0, 0.05) is 25.7 Å². The molecule has 100 valence electrons. The van der Waals surface area contributed by atoms with Gasteiger partial charge in [0.1, 0.15) is 0 Å². The molecular formula is C15H30N2. The second-order valence-corrected chi connectivity index (χ2v) is 5.80. The highest BCUT2D eigenvalue weighted by atomic mass is 15.2. The van der Waals surface area contributed by atoms with Crippen molar-refractivity contribution in [1.82, 2.24) is 10.2 Å². The van der Waals surface area contributed by atoms with Gasteiger partial charge in [0.05, 0.1) is 0 Å². The van der Waals surface area contributed by atoms with Gasteiger partial charge >= 0.3 is 0 Å². The first-order valence-corrected chi connectivity index (χ1v) is 7.23. The van der Waals surface area contributed by atoms with Gasteiger partial charge in [-0.15, -0.1) is 0 Å². The van der Waals surface area contributed by atoms with Crippen LogP contribution < -0.4 is 5.32 Å². The molecule has 0 aromatic carbocycles. The zero-order valence-electron chi connectivity index (χ0n) is 12.1. The van der Waals surface area contributed by atoms with Gasteiger partial charge in [0.2, 0.25) is 0 Å². The maximum absolute atomic E-state index is 3.62. The van der Waals surface area contributed by atoms with Gasteiger partial charge in [-0.05, 0) is 32.2 Å². The number of nitrogens with zero attached hydrogens (tertiary/aromatic N) is 1. The Hall–Kier alpha value is -0.340. The summed E-state index contributed by atoms with van der Waals surface area (Å²) in [6.07, 6.45) is 6.23. The Morgan fingerprint density at radius 2 is 2.12 bits per heavy atom. The molecule has 1 N–H and O–H groups in total. The van der Waals surface area contributed by atoms with E-state index in [1.807, 2.05) is 0 Å². The van der Waals surface area contributed by atoms with Crippen LogP contribution in [0, 0.1) is 5.92 Å². The van der Waals surface area contributed by atoms with Crippen molar-refractivity contribution in [1.29, 1.82) is 0 Å². The van der Waals surface area contributed by atoms with Gasteiger partial charge in [-0.1, -0.05) is 38.8 Å². The molecule has 2 heteroatoms. The summed E-state index contributed by atoms with van der Waals surface area (Å²) < 4.78 is 0. The highest BCUT2D eigenvalue weighted by Crippen LogP contribution is 2.15. The first-order chi connectivity index (χ1) is 8.13. The van der Waals surface area contributed by atoms with E-state index in [-0.39, 0.29) is 0 Å². The summed E-state index contributed by atoms with van der Waals surface area (Å²) in [5.41, 5.74) is 1.54. The van der Waals surface area contributed by atoms with E-state index >= 15 is 0 Å². The van der Waals surface area contributed by atoms with Gasteiger partial charge < -0.3 is 5.32 Å². The van der Waals surface area contributed by atoms with E-state index in [1.54, 1.807) is 5.57 Å². The van der Waals surface area contributed by atoms with Crippen LogP contribution in [0.4, 0.5) is 0 Å². The van der Waals surface area contributed by atoms with Crippen LogP contribution in [-0.4, -0.2) is 37.1 Å². The van der Waals surface area contributed by atoms with Crippen molar-refractivity contribution in [2.75, 3.05) is 26.2 Å². The maximum Gasteiger partial charge on any atom is 0.0224 e. The first kappa shape index (κ1) is 14.7.